The number of phosphoric acid groups is 1. The van der Waals surface area contributed by atoms with E-state index in [0.717, 1.165) is 51.4 Å². The number of nitrogens with zero attached hydrogens (tertiary/aromatic N) is 1. The molecule has 0 aliphatic carbocycles. The maximum Gasteiger partial charge on any atom is 0.306 e. The Morgan fingerprint density at radius 1 is 0.547 bits per heavy atom. The molecule has 0 saturated heterocycles. The molecule has 3 atom stereocenters. The van der Waals surface area contributed by atoms with Gasteiger partial charge in [-0.25, -0.2) is 0 Å². The van der Waals surface area contributed by atoms with Gasteiger partial charge in [-0.2, -0.15) is 0 Å². The topological polar surface area (TPSA) is 114 Å². The monoisotopic (exact) mass is 923 g/mol. The molecule has 0 aliphatic heterocycles. The van der Waals surface area contributed by atoms with E-state index in [9.17, 15) is 19.0 Å². The van der Waals surface area contributed by atoms with Gasteiger partial charge >= 0.3 is 5.97 Å². The molecule has 0 aromatic heterocycles. The Morgan fingerprint density at radius 2 is 0.969 bits per heavy atom. The predicted molar refractivity (Wildman–Crippen MR) is 270 cm³/mol. The van der Waals surface area contributed by atoms with Gasteiger partial charge < -0.3 is 28.5 Å². The summed E-state index contributed by atoms with van der Waals surface area (Å²) in [7, 11) is 1.16. The second-order valence-electron chi connectivity index (χ2n) is 19.4. The van der Waals surface area contributed by atoms with Crippen molar-refractivity contribution in [3.63, 3.8) is 0 Å². The number of unbranched alkanes of at least 4 members (excludes halogenated alkanes) is 28. The number of esters is 1. The minimum Gasteiger partial charge on any atom is -0.756 e. The number of allylic oxidation sites excluding steroid dienone is 5. The Hall–Kier alpha value is -1.77. The van der Waals surface area contributed by atoms with Crippen LogP contribution in [0, 0.1) is 0 Å². The summed E-state index contributed by atoms with van der Waals surface area (Å²) >= 11 is 0. The van der Waals surface area contributed by atoms with Crippen LogP contribution in [0.1, 0.15) is 245 Å². The van der Waals surface area contributed by atoms with Gasteiger partial charge in [0.1, 0.15) is 19.3 Å². The lowest BCUT2D eigenvalue weighted by Crippen LogP contribution is -2.47. The number of carbonyl (C=O) groups excluding carboxylic acids is 2. The van der Waals surface area contributed by atoms with E-state index in [1.807, 2.05) is 39.4 Å². The first-order chi connectivity index (χ1) is 30.9. The van der Waals surface area contributed by atoms with E-state index >= 15 is 0 Å². The fourth-order valence-electron chi connectivity index (χ4n) is 7.63. The van der Waals surface area contributed by atoms with Crippen molar-refractivity contribution >= 4 is 19.7 Å². The molecule has 376 valence electrons. The first-order valence-corrected chi connectivity index (χ1v) is 28.3. The van der Waals surface area contributed by atoms with Gasteiger partial charge in [0.2, 0.25) is 5.91 Å². The molecule has 0 rings (SSSR count). The molecular weight excluding hydrogens is 820 g/mol. The van der Waals surface area contributed by atoms with E-state index in [1.54, 1.807) is 0 Å². The van der Waals surface area contributed by atoms with Crippen molar-refractivity contribution in [2.24, 2.45) is 0 Å². The highest BCUT2D eigenvalue weighted by molar-refractivity contribution is 7.45. The Bertz CT molecular complexity index is 1200. The molecule has 9 nitrogen and oxygen atoms in total. The molecule has 1 N–H and O–H groups in total. The SMILES string of the molecule is CCCCCCCC/C=C\C/C=C/CCC(=O)NC(COP(=O)([O-])OCC[N+](C)(C)C)C(/C=C/CCCCCCCCCCC)OC(=O)CCCCCCCCCCCCCCCC. The van der Waals surface area contributed by atoms with E-state index in [1.165, 1.54) is 154 Å². The van der Waals surface area contributed by atoms with E-state index < -0.39 is 26.6 Å². The maximum absolute atomic E-state index is 13.4. The molecule has 1 amide bonds. The molecule has 0 aliphatic rings. The summed E-state index contributed by atoms with van der Waals surface area (Å²) in [6.07, 6.45) is 51.2. The summed E-state index contributed by atoms with van der Waals surface area (Å²) in [5, 5.41) is 2.97. The number of phosphoric ester groups is 1. The lowest BCUT2D eigenvalue weighted by molar-refractivity contribution is -0.870. The number of likely N-dealkylation sites (N-methyl/N-ethyl adjacent to an activating group) is 1. The smallest absolute Gasteiger partial charge is 0.306 e. The lowest BCUT2D eigenvalue weighted by atomic mass is 10.0. The van der Waals surface area contributed by atoms with Crippen LogP contribution in [0.25, 0.3) is 0 Å². The van der Waals surface area contributed by atoms with Crippen molar-refractivity contribution in [1.29, 1.82) is 0 Å². The highest BCUT2D eigenvalue weighted by Crippen LogP contribution is 2.38. The van der Waals surface area contributed by atoms with Crippen LogP contribution in [0.3, 0.4) is 0 Å². The number of rotatable bonds is 48. The third-order valence-electron chi connectivity index (χ3n) is 11.8. The molecule has 0 aromatic carbocycles. The zero-order valence-corrected chi connectivity index (χ0v) is 43.6. The fraction of sp³-hybridized carbons (Fsp3) is 0.852. The van der Waals surface area contributed by atoms with Crippen LogP contribution in [0.15, 0.2) is 36.5 Å². The molecule has 0 saturated carbocycles. The molecule has 10 heteroatoms. The molecule has 0 radical (unpaired) electrons. The van der Waals surface area contributed by atoms with Crippen molar-refractivity contribution in [3.05, 3.63) is 36.5 Å². The van der Waals surface area contributed by atoms with Crippen molar-refractivity contribution in [2.75, 3.05) is 40.9 Å². The van der Waals surface area contributed by atoms with Gasteiger partial charge in [-0.15, -0.1) is 0 Å². The van der Waals surface area contributed by atoms with E-state index in [4.69, 9.17) is 13.8 Å². The number of quaternary nitrogens is 1. The summed E-state index contributed by atoms with van der Waals surface area (Å²) in [5.74, 6) is -0.614. The summed E-state index contributed by atoms with van der Waals surface area (Å²) in [5.41, 5.74) is 0. The first kappa shape index (κ1) is 62.2. The normalized spacial score (nSPS) is 14.2. The quantitative estimate of drug-likeness (QED) is 0.0212. The van der Waals surface area contributed by atoms with Gasteiger partial charge in [0.05, 0.1) is 33.8 Å². The molecule has 0 fully saturated rings. The van der Waals surface area contributed by atoms with Crippen LogP contribution in [-0.4, -0.2) is 69.4 Å². The van der Waals surface area contributed by atoms with Gasteiger partial charge in [-0.1, -0.05) is 218 Å². The van der Waals surface area contributed by atoms with Gasteiger partial charge in [0.25, 0.3) is 7.82 Å². The van der Waals surface area contributed by atoms with Crippen molar-refractivity contribution in [3.8, 4) is 0 Å². The van der Waals surface area contributed by atoms with Gasteiger partial charge in [-0.3, -0.25) is 14.2 Å². The molecule has 0 spiro atoms. The molecular formula is C54H103N2O7P. The van der Waals surface area contributed by atoms with Crippen LogP contribution in [0.2, 0.25) is 0 Å². The summed E-state index contributed by atoms with van der Waals surface area (Å²) < 4.78 is 30.1. The Labute approximate surface area is 396 Å². The second-order valence-corrected chi connectivity index (χ2v) is 20.8. The summed E-state index contributed by atoms with van der Waals surface area (Å²) in [4.78, 5) is 39.6. The number of carbonyl (C=O) groups is 2. The van der Waals surface area contributed by atoms with Gasteiger partial charge in [-0.05, 0) is 51.0 Å². The number of nitrogens with one attached hydrogen (secondary N) is 1. The minimum atomic E-state index is -4.70. The fourth-order valence-corrected chi connectivity index (χ4v) is 8.35. The van der Waals surface area contributed by atoms with Crippen LogP contribution in [-0.2, 0) is 27.9 Å². The van der Waals surface area contributed by atoms with Crippen LogP contribution in [0.5, 0.6) is 0 Å². The van der Waals surface area contributed by atoms with Crippen LogP contribution < -0.4 is 10.2 Å². The van der Waals surface area contributed by atoms with E-state index in [0.29, 0.717) is 17.4 Å². The molecule has 0 heterocycles. The number of hydrogen-bond acceptors (Lipinski definition) is 7. The Balaban J connectivity index is 5.45. The first-order valence-electron chi connectivity index (χ1n) is 26.8. The number of ether oxygens (including phenoxy) is 1. The standard InChI is InChI=1S/C54H103N2O7P/c1-7-10-13-16-19-22-25-27-29-32-35-38-41-44-47-54(58)63-52(45-42-39-36-33-30-24-21-18-15-12-9-3)51(50-62-64(59,60)61-49-48-56(4,5)6)55-53(57)46-43-40-37-34-31-28-26-23-20-17-14-11-8-2/h28,31,37,40,42,45,51-52H,7-27,29-30,32-36,38-39,41,43-44,46-50H2,1-6H3,(H-,55,57,59,60)/b31-28-,40-37+,45-42+. The summed E-state index contributed by atoms with van der Waals surface area (Å²) in [6, 6.07) is -0.912. The largest absolute Gasteiger partial charge is 0.756 e. The summed E-state index contributed by atoms with van der Waals surface area (Å²) in [6.45, 7) is 6.78. The van der Waals surface area contributed by atoms with Crippen molar-refractivity contribution in [2.45, 2.75) is 258 Å². The highest BCUT2D eigenvalue weighted by Gasteiger charge is 2.27. The Kier molecular flexibility index (Phi) is 43.8. The molecule has 64 heavy (non-hydrogen) atoms. The van der Waals surface area contributed by atoms with Crippen LogP contribution >= 0.6 is 7.82 Å². The highest BCUT2D eigenvalue weighted by atomic mass is 31.2. The predicted octanol–water partition coefficient (Wildman–Crippen LogP) is 15.0. The number of hydrogen-bond donors (Lipinski definition) is 1. The van der Waals surface area contributed by atoms with Gasteiger partial charge in [0.15, 0.2) is 0 Å². The van der Waals surface area contributed by atoms with Crippen molar-refractivity contribution < 1.29 is 37.3 Å². The lowest BCUT2D eigenvalue weighted by Gasteiger charge is -2.30. The third kappa shape index (κ3) is 45.4. The average molecular weight is 923 g/mol. The molecule has 0 bridgehead atoms. The molecule has 0 aromatic rings. The van der Waals surface area contributed by atoms with Crippen LogP contribution in [0.4, 0.5) is 0 Å². The average Bonchev–Trinajstić information content (AvgIpc) is 3.25. The Morgan fingerprint density at radius 3 is 1.44 bits per heavy atom. The van der Waals surface area contributed by atoms with Gasteiger partial charge in [0, 0.05) is 12.8 Å². The zero-order chi connectivity index (χ0) is 47.3. The van der Waals surface area contributed by atoms with E-state index in [-0.39, 0.29) is 31.3 Å². The maximum atomic E-state index is 13.4. The minimum absolute atomic E-state index is 0.0296. The van der Waals surface area contributed by atoms with Crippen molar-refractivity contribution in [1.82, 2.24) is 5.32 Å². The zero-order valence-electron chi connectivity index (χ0n) is 42.7. The second kappa shape index (κ2) is 45.0. The molecule has 3 unspecified atom stereocenters. The third-order valence-corrected chi connectivity index (χ3v) is 12.8. The van der Waals surface area contributed by atoms with E-state index in [2.05, 4.69) is 44.3 Å². The number of amides is 1.